The maximum atomic E-state index is 12.3. The number of rotatable bonds is 8. The summed E-state index contributed by atoms with van der Waals surface area (Å²) in [7, 11) is 0. The number of nitrogens with one attached hydrogen (secondary N) is 1. The predicted octanol–water partition coefficient (Wildman–Crippen LogP) is 4.85. The number of amides is 1. The van der Waals surface area contributed by atoms with Crippen LogP contribution in [-0.2, 0) is 4.79 Å². The van der Waals surface area contributed by atoms with Crippen LogP contribution in [0.15, 0.2) is 93.6 Å². The molecule has 0 aliphatic carbocycles. The smallest absolute Gasteiger partial charge is 0.269 e. The number of hydrogen-bond donors (Lipinski definition) is 1. The molecule has 4 rings (SSSR count). The number of carbonyl (C=O) groups excluding carboxylic acids is 1. The molecule has 0 unspecified atom stereocenters. The van der Waals surface area contributed by atoms with Crippen molar-refractivity contribution in [2.75, 3.05) is 5.75 Å². The van der Waals surface area contributed by atoms with E-state index >= 15 is 0 Å². The number of nitro groups is 1. The number of hydrogen-bond acceptors (Lipinski definition) is 7. The highest BCUT2D eigenvalue weighted by Gasteiger charge is 2.17. The third kappa shape index (κ3) is 5.74. The van der Waals surface area contributed by atoms with E-state index in [-0.39, 0.29) is 17.3 Å². The molecule has 0 spiro atoms. The van der Waals surface area contributed by atoms with Gasteiger partial charge in [0, 0.05) is 27.9 Å². The normalized spacial score (nSPS) is 11.0. The summed E-state index contributed by atoms with van der Waals surface area (Å²) in [6, 6.07) is 23.3. The van der Waals surface area contributed by atoms with Gasteiger partial charge in [-0.1, -0.05) is 58.0 Å². The van der Waals surface area contributed by atoms with Crippen LogP contribution in [0.4, 0.5) is 5.69 Å². The number of benzene rings is 3. The molecule has 3 aromatic carbocycles. The van der Waals surface area contributed by atoms with Gasteiger partial charge in [0.2, 0.25) is 0 Å². The fourth-order valence-corrected chi connectivity index (χ4v) is 4.15. The zero-order valence-electron chi connectivity index (χ0n) is 17.5. The molecule has 0 saturated carbocycles. The van der Waals surface area contributed by atoms with Crippen molar-refractivity contribution in [1.82, 2.24) is 20.2 Å². The molecule has 1 amide bonds. The Kier molecular flexibility index (Phi) is 7.45. The van der Waals surface area contributed by atoms with E-state index in [1.54, 1.807) is 12.1 Å². The number of halogens is 1. The molecule has 170 valence electrons. The van der Waals surface area contributed by atoms with Crippen molar-refractivity contribution in [2.45, 2.75) is 5.16 Å². The highest BCUT2D eigenvalue weighted by atomic mass is 79.9. The molecule has 34 heavy (non-hydrogen) atoms. The van der Waals surface area contributed by atoms with Crippen LogP contribution < -0.4 is 5.43 Å². The highest BCUT2D eigenvalue weighted by Crippen LogP contribution is 2.29. The summed E-state index contributed by atoms with van der Waals surface area (Å²) in [6.45, 7) is 0. The first-order chi connectivity index (χ1) is 16.5. The lowest BCUT2D eigenvalue weighted by atomic mass is 10.2. The van der Waals surface area contributed by atoms with Crippen LogP contribution in [0, 0.1) is 10.1 Å². The Morgan fingerprint density at radius 2 is 1.85 bits per heavy atom. The predicted molar refractivity (Wildman–Crippen MR) is 134 cm³/mol. The van der Waals surface area contributed by atoms with Crippen LogP contribution in [-0.4, -0.2) is 37.6 Å². The van der Waals surface area contributed by atoms with Crippen molar-refractivity contribution < 1.29 is 9.72 Å². The summed E-state index contributed by atoms with van der Waals surface area (Å²) in [4.78, 5) is 22.6. The zero-order chi connectivity index (χ0) is 23.9. The molecular formula is C23H17BrN6O3S. The first-order valence-electron chi connectivity index (χ1n) is 9.97. The second-order valence-corrected chi connectivity index (χ2v) is 8.78. The molecule has 0 fully saturated rings. The summed E-state index contributed by atoms with van der Waals surface area (Å²) in [5, 5.41) is 23.9. The number of aromatic nitrogens is 3. The topological polar surface area (TPSA) is 115 Å². The van der Waals surface area contributed by atoms with Gasteiger partial charge in [0.05, 0.1) is 16.9 Å². The van der Waals surface area contributed by atoms with Crippen molar-refractivity contribution in [3.05, 3.63) is 99.0 Å². The van der Waals surface area contributed by atoms with E-state index in [0.29, 0.717) is 16.5 Å². The lowest BCUT2D eigenvalue weighted by Crippen LogP contribution is -2.20. The first-order valence-corrected chi connectivity index (χ1v) is 11.7. The minimum atomic E-state index is -0.476. The number of nitrogens with zero attached hydrogens (tertiary/aromatic N) is 5. The van der Waals surface area contributed by atoms with Gasteiger partial charge >= 0.3 is 0 Å². The molecule has 1 aromatic heterocycles. The summed E-state index contributed by atoms with van der Waals surface area (Å²) in [6.07, 6.45) is 1.42. The minimum Gasteiger partial charge on any atom is -0.272 e. The van der Waals surface area contributed by atoms with Gasteiger partial charge in [0.25, 0.3) is 11.6 Å². The van der Waals surface area contributed by atoms with Crippen molar-refractivity contribution in [3.63, 3.8) is 0 Å². The van der Waals surface area contributed by atoms with E-state index < -0.39 is 4.92 Å². The molecule has 0 atom stereocenters. The Bertz CT molecular complexity index is 1340. The van der Waals surface area contributed by atoms with E-state index in [9.17, 15) is 14.9 Å². The van der Waals surface area contributed by atoms with Crippen molar-refractivity contribution in [2.24, 2.45) is 5.10 Å². The number of para-hydroxylation sites is 1. The van der Waals surface area contributed by atoms with Crippen LogP contribution in [0.3, 0.4) is 0 Å². The Labute approximate surface area is 207 Å². The molecule has 4 aromatic rings. The van der Waals surface area contributed by atoms with E-state index in [1.807, 2.05) is 59.2 Å². The number of hydrazone groups is 1. The second-order valence-electron chi connectivity index (χ2n) is 6.92. The Balaban J connectivity index is 1.46. The molecule has 1 heterocycles. The second kappa shape index (κ2) is 10.9. The summed E-state index contributed by atoms with van der Waals surface area (Å²) < 4.78 is 2.83. The van der Waals surface area contributed by atoms with Crippen LogP contribution in [0.2, 0.25) is 0 Å². The van der Waals surface area contributed by atoms with Crippen molar-refractivity contribution >= 4 is 45.5 Å². The fraction of sp³-hybridized carbons (Fsp3) is 0.0435. The first kappa shape index (κ1) is 23.3. The number of nitro benzene ring substituents is 1. The monoisotopic (exact) mass is 536 g/mol. The lowest BCUT2D eigenvalue weighted by Gasteiger charge is -2.10. The quantitative estimate of drug-likeness (QED) is 0.149. The van der Waals surface area contributed by atoms with Crippen LogP contribution in [0.1, 0.15) is 5.56 Å². The van der Waals surface area contributed by atoms with E-state index in [0.717, 1.165) is 15.7 Å². The molecular weight excluding hydrogens is 520 g/mol. The molecule has 0 aliphatic rings. The standard InChI is InChI=1S/C23H17BrN6O3S/c24-18-6-4-5-17(13-18)22-27-28-23(29(22)19-7-2-1-3-8-19)34-15-21(31)26-25-14-16-9-11-20(12-10-16)30(32)33/h1-14H,15H2,(H,26,31). The largest absolute Gasteiger partial charge is 0.272 e. The van der Waals surface area contributed by atoms with E-state index in [4.69, 9.17) is 0 Å². The van der Waals surface area contributed by atoms with Crippen LogP contribution >= 0.6 is 27.7 Å². The number of carbonyl (C=O) groups is 1. The van der Waals surface area contributed by atoms with E-state index in [2.05, 4.69) is 36.7 Å². The molecule has 9 nitrogen and oxygen atoms in total. The van der Waals surface area contributed by atoms with Gasteiger partial charge in [-0.25, -0.2) is 5.43 Å². The number of thioether (sulfide) groups is 1. The Hall–Kier alpha value is -3.83. The minimum absolute atomic E-state index is 0.0117. The van der Waals surface area contributed by atoms with Crippen LogP contribution in [0.25, 0.3) is 17.1 Å². The maximum absolute atomic E-state index is 12.3. The number of non-ortho nitro benzene ring substituents is 1. The summed E-state index contributed by atoms with van der Waals surface area (Å²) >= 11 is 4.73. The fourth-order valence-electron chi connectivity index (χ4n) is 3.01. The molecule has 0 radical (unpaired) electrons. The maximum Gasteiger partial charge on any atom is 0.269 e. The summed E-state index contributed by atoms with van der Waals surface area (Å²) in [5.41, 5.74) is 4.83. The Morgan fingerprint density at radius 3 is 2.56 bits per heavy atom. The van der Waals surface area contributed by atoms with Crippen molar-refractivity contribution in [1.29, 1.82) is 0 Å². The molecule has 1 N–H and O–H groups in total. The van der Waals surface area contributed by atoms with Gasteiger partial charge in [-0.2, -0.15) is 5.10 Å². The van der Waals surface area contributed by atoms with Crippen molar-refractivity contribution in [3.8, 4) is 17.1 Å². The average Bonchev–Trinajstić information content (AvgIpc) is 3.28. The zero-order valence-corrected chi connectivity index (χ0v) is 19.9. The van der Waals surface area contributed by atoms with Gasteiger partial charge in [-0.3, -0.25) is 19.5 Å². The van der Waals surface area contributed by atoms with Gasteiger partial charge in [-0.15, -0.1) is 10.2 Å². The third-order valence-corrected chi connectivity index (χ3v) is 5.99. The molecule has 0 saturated heterocycles. The third-order valence-electron chi connectivity index (χ3n) is 4.57. The molecule has 0 aliphatic heterocycles. The highest BCUT2D eigenvalue weighted by molar-refractivity contribution is 9.10. The Morgan fingerprint density at radius 1 is 1.09 bits per heavy atom. The van der Waals surface area contributed by atoms with Gasteiger partial charge < -0.3 is 0 Å². The van der Waals surface area contributed by atoms with Crippen LogP contribution in [0.5, 0.6) is 0 Å². The summed E-state index contributed by atoms with van der Waals surface area (Å²) in [5.74, 6) is 0.405. The van der Waals surface area contributed by atoms with Gasteiger partial charge in [0.15, 0.2) is 11.0 Å². The van der Waals surface area contributed by atoms with E-state index in [1.165, 1.54) is 30.1 Å². The SMILES string of the molecule is O=C(CSc1nnc(-c2cccc(Br)c2)n1-c1ccccc1)NN=Cc1ccc([N+](=O)[O-])cc1. The van der Waals surface area contributed by atoms with Gasteiger partial charge in [0.1, 0.15) is 0 Å². The molecule has 0 bridgehead atoms. The van der Waals surface area contributed by atoms with Gasteiger partial charge in [-0.05, 0) is 42.0 Å². The average molecular weight is 537 g/mol. The lowest BCUT2D eigenvalue weighted by molar-refractivity contribution is -0.384. The molecule has 11 heteroatoms.